The molecule has 0 aliphatic carbocycles. The molecule has 3 rings (SSSR count). The Bertz CT molecular complexity index is 864. The van der Waals surface area contributed by atoms with E-state index in [0.717, 1.165) is 18.4 Å². The van der Waals surface area contributed by atoms with Gasteiger partial charge in [-0.2, -0.15) is 0 Å². The zero-order chi connectivity index (χ0) is 21.2. The molecule has 2 aromatic rings. The van der Waals surface area contributed by atoms with Gasteiger partial charge in [-0.05, 0) is 46.4 Å². The van der Waals surface area contributed by atoms with Crippen LogP contribution in [0.1, 0.15) is 68.6 Å². The number of amides is 2. The van der Waals surface area contributed by atoms with Gasteiger partial charge >= 0.3 is 0 Å². The summed E-state index contributed by atoms with van der Waals surface area (Å²) in [6, 6.07) is 10.7. The van der Waals surface area contributed by atoms with Crippen molar-refractivity contribution in [1.29, 1.82) is 0 Å². The number of benzene rings is 1. The predicted molar refractivity (Wildman–Crippen MR) is 119 cm³/mol. The highest BCUT2D eigenvalue weighted by Gasteiger charge is 2.33. The van der Waals surface area contributed by atoms with Gasteiger partial charge in [-0.1, -0.05) is 52.0 Å². The van der Waals surface area contributed by atoms with E-state index in [-0.39, 0.29) is 29.8 Å². The van der Waals surface area contributed by atoms with Crippen LogP contribution in [0, 0.1) is 0 Å². The van der Waals surface area contributed by atoms with Crippen LogP contribution in [0.5, 0.6) is 0 Å². The second-order valence-corrected chi connectivity index (χ2v) is 9.85. The SMILES string of the molecule is CCCN(CC(=O)N1CCc2sccc2[C@H]1c1ccc(C(C)(C)C)cc1)C(C)=O. The lowest BCUT2D eigenvalue weighted by atomic mass is 9.85. The summed E-state index contributed by atoms with van der Waals surface area (Å²) >= 11 is 1.77. The van der Waals surface area contributed by atoms with Gasteiger partial charge in [0.1, 0.15) is 0 Å². The number of carbonyl (C=O) groups is 2. The number of fused-ring (bicyclic) bond motifs is 1. The second-order valence-electron chi connectivity index (χ2n) is 8.85. The van der Waals surface area contributed by atoms with Crippen molar-refractivity contribution in [3.8, 4) is 0 Å². The van der Waals surface area contributed by atoms with Crippen LogP contribution in [-0.2, 0) is 21.4 Å². The maximum absolute atomic E-state index is 13.3. The van der Waals surface area contributed by atoms with Crippen LogP contribution in [0.15, 0.2) is 35.7 Å². The van der Waals surface area contributed by atoms with Crippen molar-refractivity contribution < 1.29 is 9.59 Å². The minimum absolute atomic E-state index is 0.0235. The molecule has 0 fully saturated rings. The molecule has 4 nitrogen and oxygen atoms in total. The standard InChI is InChI=1S/C24H32N2O2S/c1-6-13-25(17(2)27)16-22(28)26-14-11-21-20(12-15-29-21)23(26)18-7-9-19(10-8-18)24(3,4)5/h7-10,12,15,23H,6,11,13-14,16H2,1-5H3/t23-/m1/s1. The van der Waals surface area contributed by atoms with Gasteiger partial charge in [-0.15, -0.1) is 11.3 Å². The fourth-order valence-corrected chi connectivity index (χ4v) is 4.89. The molecule has 0 saturated carbocycles. The average Bonchev–Trinajstić information content (AvgIpc) is 3.15. The Morgan fingerprint density at radius 2 is 1.86 bits per heavy atom. The number of hydrogen-bond donors (Lipinski definition) is 0. The summed E-state index contributed by atoms with van der Waals surface area (Å²) in [6.07, 6.45) is 1.72. The monoisotopic (exact) mass is 412 g/mol. The van der Waals surface area contributed by atoms with Gasteiger partial charge in [-0.25, -0.2) is 0 Å². The Balaban J connectivity index is 1.92. The lowest BCUT2D eigenvalue weighted by molar-refractivity contribution is -0.140. The van der Waals surface area contributed by atoms with Crippen molar-refractivity contribution >= 4 is 23.2 Å². The summed E-state index contributed by atoms with van der Waals surface area (Å²) in [4.78, 5) is 30.2. The average molecular weight is 413 g/mol. The molecule has 1 aromatic heterocycles. The molecule has 0 saturated heterocycles. The first-order chi connectivity index (χ1) is 13.7. The predicted octanol–water partition coefficient (Wildman–Crippen LogP) is 4.78. The lowest BCUT2D eigenvalue weighted by Crippen LogP contribution is -2.46. The van der Waals surface area contributed by atoms with E-state index in [1.807, 2.05) is 11.8 Å². The van der Waals surface area contributed by atoms with Gasteiger partial charge in [-0.3, -0.25) is 9.59 Å². The van der Waals surface area contributed by atoms with E-state index in [9.17, 15) is 9.59 Å². The molecule has 2 amide bonds. The Morgan fingerprint density at radius 1 is 1.17 bits per heavy atom. The Hall–Kier alpha value is -2.14. The largest absolute Gasteiger partial charge is 0.334 e. The summed E-state index contributed by atoms with van der Waals surface area (Å²) in [5.41, 5.74) is 3.74. The summed E-state index contributed by atoms with van der Waals surface area (Å²) in [5.74, 6) is -0.0186. The Kier molecular flexibility index (Phi) is 6.47. The molecular weight excluding hydrogens is 380 g/mol. The fraction of sp³-hybridized carbons (Fsp3) is 0.500. The summed E-state index contributed by atoms with van der Waals surface area (Å²) < 4.78 is 0. The number of nitrogens with zero attached hydrogens (tertiary/aromatic N) is 2. The molecule has 2 heterocycles. The van der Waals surface area contributed by atoms with Gasteiger partial charge in [0, 0.05) is 24.9 Å². The Labute approximate surface area is 178 Å². The van der Waals surface area contributed by atoms with Crippen LogP contribution in [0.3, 0.4) is 0 Å². The summed E-state index contributed by atoms with van der Waals surface area (Å²) in [7, 11) is 0. The van der Waals surface area contributed by atoms with E-state index in [0.29, 0.717) is 13.1 Å². The molecule has 1 atom stereocenters. The highest BCUT2D eigenvalue weighted by Crippen LogP contribution is 2.38. The third-order valence-corrected chi connectivity index (χ3v) is 6.64. The Morgan fingerprint density at radius 3 is 2.45 bits per heavy atom. The first-order valence-electron chi connectivity index (χ1n) is 10.4. The van der Waals surface area contributed by atoms with Crippen LogP contribution in [0.25, 0.3) is 0 Å². The van der Waals surface area contributed by atoms with Gasteiger partial charge in [0.05, 0.1) is 12.6 Å². The van der Waals surface area contributed by atoms with E-state index < -0.39 is 0 Å². The third kappa shape index (κ3) is 4.72. The molecule has 1 aliphatic heterocycles. The molecule has 5 heteroatoms. The molecule has 156 valence electrons. The van der Waals surface area contributed by atoms with E-state index in [4.69, 9.17) is 0 Å². The van der Waals surface area contributed by atoms with Crippen molar-refractivity contribution in [1.82, 2.24) is 9.80 Å². The molecular formula is C24H32N2O2S. The van der Waals surface area contributed by atoms with Crippen LogP contribution in [0.2, 0.25) is 0 Å². The van der Waals surface area contributed by atoms with Crippen molar-refractivity contribution in [2.45, 2.75) is 58.9 Å². The number of thiophene rings is 1. The maximum Gasteiger partial charge on any atom is 0.242 e. The van der Waals surface area contributed by atoms with Crippen LogP contribution >= 0.6 is 11.3 Å². The minimum Gasteiger partial charge on any atom is -0.334 e. The van der Waals surface area contributed by atoms with Gasteiger partial charge < -0.3 is 9.80 Å². The van der Waals surface area contributed by atoms with Gasteiger partial charge in [0.2, 0.25) is 11.8 Å². The first kappa shape index (κ1) is 21.6. The quantitative estimate of drug-likeness (QED) is 0.709. The molecule has 29 heavy (non-hydrogen) atoms. The smallest absolute Gasteiger partial charge is 0.242 e. The molecule has 1 aromatic carbocycles. The van der Waals surface area contributed by atoms with Crippen LogP contribution in [0.4, 0.5) is 0 Å². The third-order valence-electron chi connectivity index (χ3n) is 5.64. The molecule has 0 bridgehead atoms. The van der Waals surface area contributed by atoms with Crippen molar-refractivity contribution in [3.63, 3.8) is 0 Å². The normalized spacial score (nSPS) is 16.4. The van der Waals surface area contributed by atoms with E-state index in [1.54, 1.807) is 23.2 Å². The van der Waals surface area contributed by atoms with Crippen LogP contribution in [-0.4, -0.2) is 41.2 Å². The molecule has 1 aliphatic rings. The number of carbonyl (C=O) groups excluding carboxylic acids is 2. The highest BCUT2D eigenvalue weighted by molar-refractivity contribution is 7.10. The summed E-state index contributed by atoms with van der Waals surface area (Å²) in [5, 5.41) is 2.12. The fourth-order valence-electron chi connectivity index (χ4n) is 3.98. The zero-order valence-corrected chi connectivity index (χ0v) is 19.0. The van der Waals surface area contributed by atoms with Crippen molar-refractivity contribution in [2.75, 3.05) is 19.6 Å². The molecule has 0 spiro atoms. The van der Waals surface area contributed by atoms with Crippen molar-refractivity contribution in [2.24, 2.45) is 0 Å². The van der Waals surface area contributed by atoms with Gasteiger partial charge in [0.25, 0.3) is 0 Å². The highest BCUT2D eigenvalue weighted by atomic mass is 32.1. The number of rotatable bonds is 5. The zero-order valence-electron chi connectivity index (χ0n) is 18.2. The van der Waals surface area contributed by atoms with E-state index in [2.05, 4.69) is 56.5 Å². The van der Waals surface area contributed by atoms with Gasteiger partial charge in [0.15, 0.2) is 0 Å². The summed E-state index contributed by atoms with van der Waals surface area (Å²) in [6.45, 7) is 11.6. The second kappa shape index (κ2) is 8.70. The first-order valence-corrected chi connectivity index (χ1v) is 11.3. The minimum atomic E-state index is -0.0815. The topological polar surface area (TPSA) is 40.6 Å². The molecule has 0 radical (unpaired) electrons. The molecule has 0 unspecified atom stereocenters. The maximum atomic E-state index is 13.3. The van der Waals surface area contributed by atoms with E-state index >= 15 is 0 Å². The van der Waals surface area contributed by atoms with Crippen LogP contribution < -0.4 is 0 Å². The van der Waals surface area contributed by atoms with E-state index in [1.165, 1.54) is 16.0 Å². The lowest BCUT2D eigenvalue weighted by Gasteiger charge is -2.37. The number of hydrogen-bond acceptors (Lipinski definition) is 3. The van der Waals surface area contributed by atoms with Crippen molar-refractivity contribution in [3.05, 3.63) is 57.3 Å². The molecule has 0 N–H and O–H groups in total.